The monoisotopic (exact) mass is 214 g/mol. The number of carbonyl (C=O) groups is 1. The minimum absolute atomic E-state index is 0.626. The van der Waals surface area contributed by atoms with Crippen LogP contribution < -0.4 is 0 Å². The van der Waals surface area contributed by atoms with Gasteiger partial charge in [-0.15, -0.1) is 0 Å². The standard InChI is InChI=1S/C13H14N2O/c1-9-4-6-11(7-5-9)13-12(8-16)15(3)10(2)14-13/h4-8H,1-3H3. The second-order valence-corrected chi connectivity index (χ2v) is 3.94. The summed E-state index contributed by atoms with van der Waals surface area (Å²) in [7, 11) is 1.85. The molecule has 0 N–H and O–H groups in total. The van der Waals surface area contributed by atoms with Crippen LogP contribution in [0.1, 0.15) is 21.9 Å². The van der Waals surface area contributed by atoms with Crippen LogP contribution in [0.2, 0.25) is 0 Å². The molecule has 2 rings (SSSR count). The van der Waals surface area contributed by atoms with Crippen LogP contribution in [0.25, 0.3) is 11.3 Å². The van der Waals surface area contributed by atoms with E-state index < -0.39 is 0 Å². The van der Waals surface area contributed by atoms with Gasteiger partial charge in [-0.05, 0) is 13.8 Å². The van der Waals surface area contributed by atoms with Crippen molar-refractivity contribution in [2.75, 3.05) is 0 Å². The first kappa shape index (κ1) is 10.6. The SMILES string of the molecule is Cc1ccc(-c2nc(C)n(C)c2C=O)cc1. The Kier molecular flexibility index (Phi) is 2.60. The van der Waals surface area contributed by atoms with Crippen molar-refractivity contribution >= 4 is 6.29 Å². The number of nitrogens with zero attached hydrogens (tertiary/aromatic N) is 2. The van der Waals surface area contributed by atoms with Gasteiger partial charge in [0.1, 0.15) is 11.5 Å². The predicted molar refractivity (Wildman–Crippen MR) is 63.5 cm³/mol. The lowest BCUT2D eigenvalue weighted by Gasteiger charge is -2.00. The van der Waals surface area contributed by atoms with Crippen molar-refractivity contribution in [3.63, 3.8) is 0 Å². The zero-order valence-electron chi connectivity index (χ0n) is 9.69. The van der Waals surface area contributed by atoms with E-state index in [2.05, 4.69) is 4.98 Å². The van der Waals surface area contributed by atoms with Crippen molar-refractivity contribution in [2.24, 2.45) is 7.05 Å². The van der Waals surface area contributed by atoms with Crippen molar-refractivity contribution in [1.82, 2.24) is 9.55 Å². The number of benzene rings is 1. The molecule has 16 heavy (non-hydrogen) atoms. The van der Waals surface area contributed by atoms with Crippen LogP contribution >= 0.6 is 0 Å². The summed E-state index contributed by atoms with van der Waals surface area (Å²) in [6.07, 6.45) is 0.856. The van der Waals surface area contributed by atoms with Crippen molar-refractivity contribution in [3.8, 4) is 11.3 Å². The van der Waals surface area contributed by atoms with E-state index in [1.54, 1.807) is 0 Å². The van der Waals surface area contributed by atoms with E-state index in [9.17, 15) is 4.79 Å². The van der Waals surface area contributed by atoms with Crippen LogP contribution in [0.4, 0.5) is 0 Å². The third kappa shape index (κ3) is 1.65. The Morgan fingerprint density at radius 3 is 2.38 bits per heavy atom. The molecule has 2 aromatic rings. The van der Waals surface area contributed by atoms with E-state index >= 15 is 0 Å². The molecule has 0 spiro atoms. The number of hydrogen-bond donors (Lipinski definition) is 0. The molecule has 0 saturated carbocycles. The molecule has 1 aromatic heterocycles. The second kappa shape index (κ2) is 3.93. The summed E-state index contributed by atoms with van der Waals surface area (Å²) < 4.78 is 1.81. The number of rotatable bonds is 2. The third-order valence-electron chi connectivity index (χ3n) is 2.80. The van der Waals surface area contributed by atoms with E-state index in [0.717, 1.165) is 23.4 Å². The maximum atomic E-state index is 11.0. The van der Waals surface area contributed by atoms with Gasteiger partial charge in [0, 0.05) is 12.6 Å². The fourth-order valence-electron chi connectivity index (χ4n) is 1.69. The smallest absolute Gasteiger partial charge is 0.168 e. The highest BCUT2D eigenvalue weighted by Gasteiger charge is 2.12. The number of carbonyl (C=O) groups excluding carboxylic acids is 1. The molecular formula is C13H14N2O. The summed E-state index contributed by atoms with van der Waals surface area (Å²) in [5.74, 6) is 0.845. The van der Waals surface area contributed by atoms with E-state index in [1.807, 2.05) is 49.7 Å². The number of hydrogen-bond acceptors (Lipinski definition) is 2. The van der Waals surface area contributed by atoms with Crippen LogP contribution in [-0.4, -0.2) is 15.8 Å². The normalized spacial score (nSPS) is 10.4. The summed E-state index contributed by atoms with van der Waals surface area (Å²) in [5.41, 5.74) is 3.57. The van der Waals surface area contributed by atoms with Crippen LogP contribution in [-0.2, 0) is 7.05 Å². The Balaban J connectivity index is 2.59. The fraction of sp³-hybridized carbons (Fsp3) is 0.231. The first-order chi connectivity index (χ1) is 7.63. The molecule has 1 heterocycles. The number of aromatic nitrogens is 2. The van der Waals surface area contributed by atoms with E-state index in [-0.39, 0.29) is 0 Å². The number of aldehydes is 1. The van der Waals surface area contributed by atoms with Crippen LogP contribution in [0.3, 0.4) is 0 Å². The molecule has 0 aliphatic heterocycles. The largest absolute Gasteiger partial charge is 0.329 e. The molecule has 0 aliphatic rings. The molecule has 0 atom stereocenters. The van der Waals surface area contributed by atoms with Gasteiger partial charge in [-0.2, -0.15) is 0 Å². The summed E-state index contributed by atoms with van der Waals surface area (Å²) >= 11 is 0. The lowest BCUT2D eigenvalue weighted by molar-refractivity contribution is 0.111. The van der Waals surface area contributed by atoms with Gasteiger partial charge in [0.2, 0.25) is 0 Å². The Morgan fingerprint density at radius 2 is 1.81 bits per heavy atom. The van der Waals surface area contributed by atoms with Gasteiger partial charge in [-0.25, -0.2) is 4.98 Å². The quantitative estimate of drug-likeness (QED) is 0.720. The predicted octanol–water partition coefficient (Wildman–Crippen LogP) is 2.52. The minimum atomic E-state index is 0.626. The lowest BCUT2D eigenvalue weighted by atomic mass is 10.1. The fourth-order valence-corrected chi connectivity index (χ4v) is 1.69. The summed E-state index contributed by atoms with van der Waals surface area (Å²) in [6.45, 7) is 3.93. The van der Waals surface area contributed by atoms with Gasteiger partial charge in [-0.3, -0.25) is 4.79 Å². The second-order valence-electron chi connectivity index (χ2n) is 3.94. The summed E-state index contributed by atoms with van der Waals surface area (Å²) in [6, 6.07) is 8.02. The Bertz CT molecular complexity index is 524. The molecule has 1 aromatic carbocycles. The Labute approximate surface area is 94.7 Å². The maximum absolute atomic E-state index is 11.0. The van der Waals surface area contributed by atoms with Crippen LogP contribution in [0.15, 0.2) is 24.3 Å². The highest BCUT2D eigenvalue weighted by Crippen LogP contribution is 2.22. The van der Waals surface area contributed by atoms with Gasteiger partial charge < -0.3 is 4.57 Å². The first-order valence-electron chi connectivity index (χ1n) is 5.19. The number of aryl methyl sites for hydroxylation is 2. The number of imidazole rings is 1. The Morgan fingerprint density at radius 1 is 1.19 bits per heavy atom. The molecule has 0 bridgehead atoms. The average molecular weight is 214 g/mol. The van der Waals surface area contributed by atoms with Crippen molar-refractivity contribution in [2.45, 2.75) is 13.8 Å². The van der Waals surface area contributed by atoms with Gasteiger partial charge >= 0.3 is 0 Å². The van der Waals surface area contributed by atoms with E-state index in [4.69, 9.17) is 0 Å². The Hall–Kier alpha value is -1.90. The average Bonchev–Trinajstić information content (AvgIpc) is 2.56. The molecule has 0 radical (unpaired) electrons. The molecule has 0 amide bonds. The van der Waals surface area contributed by atoms with Gasteiger partial charge in [0.15, 0.2) is 6.29 Å². The zero-order valence-corrected chi connectivity index (χ0v) is 9.69. The van der Waals surface area contributed by atoms with Crippen molar-refractivity contribution in [1.29, 1.82) is 0 Å². The van der Waals surface area contributed by atoms with Crippen molar-refractivity contribution < 1.29 is 4.79 Å². The van der Waals surface area contributed by atoms with Crippen LogP contribution in [0, 0.1) is 13.8 Å². The minimum Gasteiger partial charge on any atom is -0.329 e. The summed E-state index contributed by atoms with van der Waals surface area (Å²) in [4.78, 5) is 15.5. The lowest BCUT2D eigenvalue weighted by Crippen LogP contribution is -1.97. The molecule has 0 aliphatic carbocycles. The highest BCUT2D eigenvalue weighted by atomic mass is 16.1. The molecule has 0 unspecified atom stereocenters. The molecule has 0 fully saturated rings. The van der Waals surface area contributed by atoms with Gasteiger partial charge in [0.05, 0.1) is 5.69 Å². The molecule has 0 saturated heterocycles. The van der Waals surface area contributed by atoms with Crippen molar-refractivity contribution in [3.05, 3.63) is 41.3 Å². The zero-order chi connectivity index (χ0) is 11.7. The van der Waals surface area contributed by atoms with Gasteiger partial charge in [0.25, 0.3) is 0 Å². The van der Waals surface area contributed by atoms with Gasteiger partial charge in [-0.1, -0.05) is 29.8 Å². The topological polar surface area (TPSA) is 34.9 Å². The molecule has 3 nitrogen and oxygen atoms in total. The maximum Gasteiger partial charge on any atom is 0.168 e. The van der Waals surface area contributed by atoms with E-state index in [1.165, 1.54) is 5.56 Å². The summed E-state index contributed by atoms with van der Waals surface area (Å²) in [5, 5.41) is 0. The molecule has 3 heteroatoms. The molecule has 82 valence electrons. The molecular weight excluding hydrogens is 200 g/mol. The van der Waals surface area contributed by atoms with Crippen LogP contribution in [0.5, 0.6) is 0 Å². The first-order valence-corrected chi connectivity index (χ1v) is 5.19. The third-order valence-corrected chi connectivity index (χ3v) is 2.80. The van der Waals surface area contributed by atoms with E-state index in [0.29, 0.717) is 5.69 Å². The highest BCUT2D eigenvalue weighted by molar-refractivity contribution is 5.84.